The molecule has 0 saturated carbocycles. The standard InChI is InChI=1S/C31H30N2O4/c1-20-7-5-8-21(2)28(20)36-30(34)32-26-15-11-24(12-16-26)19-25-13-17-27(18-14-25)33-31(35)37-29-22(3)9-6-10-23(29)4/h5-18H,19H2,1-4H3,(H,32,34)(H,33,35). The lowest BCUT2D eigenvalue weighted by molar-refractivity contribution is 0.213. The van der Waals surface area contributed by atoms with Crippen LogP contribution in [0.4, 0.5) is 21.0 Å². The third-order valence-corrected chi connectivity index (χ3v) is 6.02. The van der Waals surface area contributed by atoms with E-state index < -0.39 is 12.2 Å². The Hall–Kier alpha value is -4.58. The van der Waals surface area contributed by atoms with Gasteiger partial charge >= 0.3 is 12.2 Å². The Morgan fingerprint density at radius 1 is 0.541 bits per heavy atom. The summed E-state index contributed by atoms with van der Waals surface area (Å²) in [6.07, 6.45) is -0.339. The summed E-state index contributed by atoms with van der Waals surface area (Å²) in [6.45, 7) is 7.63. The van der Waals surface area contributed by atoms with Crippen LogP contribution in [0.15, 0.2) is 84.9 Å². The first kappa shape index (κ1) is 25.5. The minimum atomic E-state index is -0.524. The number of nitrogens with one attached hydrogen (secondary N) is 2. The summed E-state index contributed by atoms with van der Waals surface area (Å²) in [5.74, 6) is 1.15. The number of ether oxygens (including phenoxy) is 2. The molecule has 0 fully saturated rings. The molecule has 0 bridgehead atoms. The van der Waals surface area contributed by atoms with Gasteiger partial charge in [0.15, 0.2) is 0 Å². The molecule has 0 aliphatic rings. The van der Waals surface area contributed by atoms with Crippen molar-refractivity contribution in [1.82, 2.24) is 0 Å². The number of hydrogen-bond acceptors (Lipinski definition) is 4. The number of rotatable bonds is 6. The second kappa shape index (κ2) is 11.4. The van der Waals surface area contributed by atoms with Gasteiger partial charge in [-0.3, -0.25) is 10.6 Å². The Kier molecular flexibility index (Phi) is 7.89. The molecule has 188 valence electrons. The molecule has 2 amide bonds. The highest BCUT2D eigenvalue weighted by atomic mass is 16.6. The first-order chi connectivity index (χ1) is 17.8. The molecule has 6 heteroatoms. The van der Waals surface area contributed by atoms with Crippen molar-refractivity contribution in [3.05, 3.63) is 118 Å². The van der Waals surface area contributed by atoms with Crippen LogP contribution in [-0.2, 0) is 6.42 Å². The summed E-state index contributed by atoms with van der Waals surface area (Å²) in [4.78, 5) is 24.7. The number of amides is 2. The number of anilines is 2. The zero-order chi connectivity index (χ0) is 26.4. The van der Waals surface area contributed by atoms with E-state index in [-0.39, 0.29) is 0 Å². The first-order valence-corrected chi connectivity index (χ1v) is 12.1. The molecule has 6 nitrogen and oxygen atoms in total. The lowest BCUT2D eigenvalue weighted by Gasteiger charge is -2.12. The zero-order valence-corrected chi connectivity index (χ0v) is 21.4. The van der Waals surface area contributed by atoms with Gasteiger partial charge in [0.1, 0.15) is 11.5 Å². The minimum absolute atomic E-state index is 0.524. The SMILES string of the molecule is Cc1cccc(C)c1OC(=O)Nc1ccc(Cc2ccc(NC(=O)Oc3c(C)cccc3C)cc2)cc1. The fourth-order valence-corrected chi connectivity index (χ4v) is 4.04. The fourth-order valence-electron chi connectivity index (χ4n) is 4.04. The van der Waals surface area contributed by atoms with Crippen molar-refractivity contribution >= 4 is 23.6 Å². The number of carbonyl (C=O) groups excluding carboxylic acids is 2. The van der Waals surface area contributed by atoms with Crippen molar-refractivity contribution in [2.24, 2.45) is 0 Å². The maximum atomic E-state index is 12.3. The molecule has 0 unspecified atom stereocenters. The summed E-state index contributed by atoms with van der Waals surface area (Å²) < 4.78 is 11.0. The molecule has 4 aromatic rings. The molecule has 4 aromatic carbocycles. The summed E-state index contributed by atoms with van der Waals surface area (Å²) in [6, 6.07) is 26.7. The molecule has 0 saturated heterocycles. The van der Waals surface area contributed by atoms with Crippen LogP contribution in [0.3, 0.4) is 0 Å². The predicted octanol–water partition coefficient (Wildman–Crippen LogP) is 7.73. The van der Waals surface area contributed by atoms with Gasteiger partial charge in [-0.05, 0) is 91.8 Å². The van der Waals surface area contributed by atoms with Gasteiger partial charge in [0, 0.05) is 11.4 Å². The highest BCUT2D eigenvalue weighted by molar-refractivity contribution is 5.87. The van der Waals surface area contributed by atoms with E-state index >= 15 is 0 Å². The molecule has 0 atom stereocenters. The van der Waals surface area contributed by atoms with Crippen molar-refractivity contribution in [3.63, 3.8) is 0 Å². The molecule has 0 radical (unpaired) electrons. The van der Waals surface area contributed by atoms with Crippen LogP contribution in [0, 0.1) is 27.7 Å². The minimum Gasteiger partial charge on any atom is -0.410 e. The number of hydrogen-bond donors (Lipinski definition) is 2. The molecule has 0 aliphatic carbocycles. The largest absolute Gasteiger partial charge is 0.417 e. The Bertz CT molecular complexity index is 1260. The van der Waals surface area contributed by atoms with E-state index in [4.69, 9.17) is 9.47 Å². The smallest absolute Gasteiger partial charge is 0.410 e. The highest BCUT2D eigenvalue weighted by Gasteiger charge is 2.11. The molecule has 0 heterocycles. The second-order valence-electron chi connectivity index (χ2n) is 9.04. The van der Waals surface area contributed by atoms with Crippen molar-refractivity contribution in [2.45, 2.75) is 34.1 Å². The van der Waals surface area contributed by atoms with E-state index in [1.165, 1.54) is 0 Å². The van der Waals surface area contributed by atoms with E-state index in [1.54, 1.807) is 0 Å². The third kappa shape index (κ3) is 6.76. The Morgan fingerprint density at radius 3 is 1.19 bits per heavy atom. The van der Waals surface area contributed by atoms with Gasteiger partial charge in [0.2, 0.25) is 0 Å². The predicted molar refractivity (Wildman–Crippen MR) is 147 cm³/mol. The lowest BCUT2D eigenvalue weighted by atomic mass is 10.0. The molecule has 0 spiro atoms. The number of para-hydroxylation sites is 2. The Balaban J connectivity index is 1.30. The van der Waals surface area contributed by atoms with E-state index in [1.807, 2.05) is 113 Å². The van der Waals surface area contributed by atoms with Gasteiger partial charge in [0.25, 0.3) is 0 Å². The third-order valence-electron chi connectivity index (χ3n) is 6.02. The monoisotopic (exact) mass is 494 g/mol. The fraction of sp³-hybridized carbons (Fsp3) is 0.161. The normalized spacial score (nSPS) is 10.5. The van der Waals surface area contributed by atoms with Crippen molar-refractivity contribution < 1.29 is 19.1 Å². The molecular weight excluding hydrogens is 464 g/mol. The van der Waals surface area contributed by atoms with Crippen LogP contribution in [-0.4, -0.2) is 12.2 Å². The van der Waals surface area contributed by atoms with Gasteiger partial charge in [0.05, 0.1) is 0 Å². The number of carbonyl (C=O) groups is 2. The van der Waals surface area contributed by atoms with Gasteiger partial charge < -0.3 is 9.47 Å². The van der Waals surface area contributed by atoms with Gasteiger partial charge in [-0.1, -0.05) is 60.7 Å². The molecule has 4 rings (SSSR count). The molecule has 2 N–H and O–H groups in total. The molecule has 0 aromatic heterocycles. The summed E-state index contributed by atoms with van der Waals surface area (Å²) >= 11 is 0. The average Bonchev–Trinajstić information content (AvgIpc) is 2.86. The molecule has 0 aliphatic heterocycles. The van der Waals surface area contributed by atoms with Crippen LogP contribution in [0.5, 0.6) is 11.5 Å². The van der Waals surface area contributed by atoms with Crippen LogP contribution >= 0.6 is 0 Å². The van der Waals surface area contributed by atoms with Gasteiger partial charge in [-0.25, -0.2) is 9.59 Å². The quantitative estimate of drug-likeness (QED) is 0.287. The van der Waals surface area contributed by atoms with E-state index in [2.05, 4.69) is 10.6 Å². The van der Waals surface area contributed by atoms with E-state index in [9.17, 15) is 9.59 Å². The first-order valence-electron chi connectivity index (χ1n) is 12.1. The number of benzene rings is 4. The van der Waals surface area contributed by atoms with Crippen LogP contribution in [0.2, 0.25) is 0 Å². The van der Waals surface area contributed by atoms with Crippen LogP contribution in [0.25, 0.3) is 0 Å². The Morgan fingerprint density at radius 2 is 0.865 bits per heavy atom. The van der Waals surface area contributed by atoms with Crippen molar-refractivity contribution in [1.29, 1.82) is 0 Å². The van der Waals surface area contributed by atoms with Gasteiger partial charge in [-0.15, -0.1) is 0 Å². The van der Waals surface area contributed by atoms with Crippen molar-refractivity contribution in [3.8, 4) is 11.5 Å². The highest BCUT2D eigenvalue weighted by Crippen LogP contribution is 2.24. The summed E-state index contributed by atoms with van der Waals surface area (Å²) in [7, 11) is 0. The zero-order valence-electron chi connectivity index (χ0n) is 21.4. The van der Waals surface area contributed by atoms with E-state index in [0.717, 1.165) is 33.4 Å². The Labute approximate surface area is 217 Å². The average molecular weight is 495 g/mol. The lowest BCUT2D eigenvalue weighted by Crippen LogP contribution is -2.17. The maximum absolute atomic E-state index is 12.3. The summed E-state index contributed by atoms with van der Waals surface area (Å²) in [5.41, 5.74) is 7.11. The van der Waals surface area contributed by atoms with Gasteiger partial charge in [-0.2, -0.15) is 0 Å². The van der Waals surface area contributed by atoms with Crippen molar-refractivity contribution in [2.75, 3.05) is 10.6 Å². The number of aryl methyl sites for hydroxylation is 4. The maximum Gasteiger partial charge on any atom is 0.417 e. The topological polar surface area (TPSA) is 76.7 Å². The van der Waals surface area contributed by atoms with Crippen LogP contribution < -0.4 is 20.1 Å². The van der Waals surface area contributed by atoms with Crippen LogP contribution in [0.1, 0.15) is 33.4 Å². The van der Waals surface area contributed by atoms with E-state index in [0.29, 0.717) is 29.3 Å². The molecule has 37 heavy (non-hydrogen) atoms. The molecular formula is C31H30N2O4. The summed E-state index contributed by atoms with van der Waals surface area (Å²) in [5, 5.41) is 5.55. The second-order valence-corrected chi connectivity index (χ2v) is 9.04.